The minimum absolute atomic E-state index is 0.0784. The summed E-state index contributed by atoms with van der Waals surface area (Å²) in [6.45, 7) is 1.70. The number of hydrogen-bond acceptors (Lipinski definition) is 4. The first-order chi connectivity index (χ1) is 8.15. The van der Waals surface area contributed by atoms with Crippen LogP contribution >= 0.6 is 11.8 Å². The summed E-state index contributed by atoms with van der Waals surface area (Å²) in [5.74, 6) is 0.0172. The minimum atomic E-state index is -0.273. The van der Waals surface area contributed by atoms with E-state index in [9.17, 15) is 9.18 Å². The van der Waals surface area contributed by atoms with Gasteiger partial charge < -0.3 is 5.32 Å². The molecule has 1 fully saturated rings. The number of amidine groups is 1. The molecule has 2 rings (SSSR count). The molecule has 0 aliphatic carbocycles. The van der Waals surface area contributed by atoms with Crippen LogP contribution in [0.1, 0.15) is 11.1 Å². The fourth-order valence-electron chi connectivity index (χ4n) is 1.22. The Labute approximate surface area is 102 Å². The Balaban J connectivity index is 2.05. The highest BCUT2D eigenvalue weighted by molar-refractivity contribution is 8.15. The summed E-state index contributed by atoms with van der Waals surface area (Å²) in [6.07, 6.45) is 1.44. The van der Waals surface area contributed by atoms with E-state index < -0.39 is 0 Å². The molecular weight excluding hydrogens is 241 g/mol. The summed E-state index contributed by atoms with van der Waals surface area (Å²) < 4.78 is 13.2. The summed E-state index contributed by atoms with van der Waals surface area (Å²) in [6, 6.07) is 4.82. The highest BCUT2D eigenvalue weighted by Gasteiger charge is 2.15. The van der Waals surface area contributed by atoms with Gasteiger partial charge in [-0.3, -0.25) is 4.79 Å². The fourth-order valence-corrected chi connectivity index (χ4v) is 1.85. The summed E-state index contributed by atoms with van der Waals surface area (Å²) in [7, 11) is 0. The lowest BCUT2D eigenvalue weighted by Crippen LogP contribution is -2.19. The summed E-state index contributed by atoms with van der Waals surface area (Å²) in [4.78, 5) is 10.9. The van der Waals surface area contributed by atoms with E-state index in [-0.39, 0.29) is 11.7 Å². The standard InChI is InChI=1S/C11H10FN3OS/c1-7-2-3-8(4-9(7)12)5-13-15-11-14-10(16)6-17-11/h2-5H,6H2,1H3,(H,14,15,16). The molecule has 0 saturated carbocycles. The van der Waals surface area contributed by atoms with Crippen molar-refractivity contribution >= 4 is 29.1 Å². The first-order valence-corrected chi connectivity index (χ1v) is 5.93. The van der Waals surface area contributed by atoms with E-state index in [1.165, 1.54) is 24.0 Å². The second kappa shape index (κ2) is 5.09. The molecular formula is C11H10FN3OS. The Bertz CT molecular complexity index is 513. The number of halogens is 1. The van der Waals surface area contributed by atoms with Crippen molar-refractivity contribution in [1.29, 1.82) is 0 Å². The van der Waals surface area contributed by atoms with Gasteiger partial charge in [-0.15, -0.1) is 5.10 Å². The van der Waals surface area contributed by atoms with Crippen molar-refractivity contribution in [2.45, 2.75) is 6.92 Å². The van der Waals surface area contributed by atoms with Gasteiger partial charge in [-0.05, 0) is 24.1 Å². The second-order valence-electron chi connectivity index (χ2n) is 3.50. The molecule has 0 radical (unpaired) electrons. The van der Waals surface area contributed by atoms with Crippen molar-refractivity contribution in [3.05, 3.63) is 35.1 Å². The third kappa shape index (κ3) is 3.13. The molecule has 1 saturated heterocycles. The van der Waals surface area contributed by atoms with Crippen LogP contribution < -0.4 is 5.32 Å². The highest BCUT2D eigenvalue weighted by atomic mass is 32.2. The lowest BCUT2D eigenvalue weighted by Gasteiger charge is -1.96. The summed E-state index contributed by atoms with van der Waals surface area (Å²) in [5.41, 5.74) is 1.22. The predicted octanol–water partition coefficient (Wildman–Crippen LogP) is 1.69. The van der Waals surface area contributed by atoms with Gasteiger partial charge in [-0.1, -0.05) is 23.9 Å². The van der Waals surface area contributed by atoms with Crippen LogP contribution in [0.5, 0.6) is 0 Å². The van der Waals surface area contributed by atoms with Gasteiger partial charge >= 0.3 is 0 Å². The lowest BCUT2D eigenvalue weighted by molar-refractivity contribution is -0.116. The van der Waals surface area contributed by atoms with E-state index in [1.54, 1.807) is 19.1 Å². The molecule has 17 heavy (non-hydrogen) atoms. The molecule has 4 nitrogen and oxygen atoms in total. The third-order valence-electron chi connectivity index (χ3n) is 2.14. The van der Waals surface area contributed by atoms with Gasteiger partial charge in [0, 0.05) is 0 Å². The molecule has 0 bridgehead atoms. The van der Waals surface area contributed by atoms with Gasteiger partial charge in [-0.25, -0.2) is 4.39 Å². The van der Waals surface area contributed by atoms with E-state index in [0.29, 0.717) is 22.0 Å². The van der Waals surface area contributed by atoms with E-state index in [2.05, 4.69) is 15.5 Å². The van der Waals surface area contributed by atoms with Crippen molar-refractivity contribution in [3.8, 4) is 0 Å². The number of aryl methyl sites for hydroxylation is 1. The van der Waals surface area contributed by atoms with Crippen LogP contribution in [0.4, 0.5) is 4.39 Å². The highest BCUT2D eigenvalue weighted by Crippen LogP contribution is 2.09. The number of hydrogen-bond donors (Lipinski definition) is 1. The number of amides is 1. The molecule has 1 aromatic rings. The van der Waals surface area contributed by atoms with Crippen molar-refractivity contribution < 1.29 is 9.18 Å². The van der Waals surface area contributed by atoms with Crippen molar-refractivity contribution in [1.82, 2.24) is 5.32 Å². The van der Waals surface area contributed by atoms with Gasteiger partial charge in [0.2, 0.25) is 5.91 Å². The predicted molar refractivity (Wildman–Crippen MR) is 66.8 cm³/mol. The topological polar surface area (TPSA) is 53.8 Å². The van der Waals surface area contributed by atoms with Crippen molar-refractivity contribution in [3.63, 3.8) is 0 Å². The molecule has 0 unspecified atom stereocenters. The van der Waals surface area contributed by atoms with Crippen molar-refractivity contribution in [2.24, 2.45) is 10.2 Å². The number of benzene rings is 1. The van der Waals surface area contributed by atoms with Crippen LogP contribution in [0.15, 0.2) is 28.4 Å². The normalized spacial score (nSPS) is 18.0. The monoisotopic (exact) mass is 251 g/mol. The van der Waals surface area contributed by atoms with Crippen LogP contribution in [0, 0.1) is 12.7 Å². The number of nitrogens with zero attached hydrogens (tertiary/aromatic N) is 2. The average molecular weight is 251 g/mol. The summed E-state index contributed by atoms with van der Waals surface area (Å²) in [5, 5.41) is 10.6. The van der Waals surface area contributed by atoms with Gasteiger partial charge in [-0.2, -0.15) is 5.10 Å². The average Bonchev–Trinajstić information content (AvgIpc) is 2.70. The third-order valence-corrected chi connectivity index (χ3v) is 3.00. The molecule has 1 aliphatic heterocycles. The molecule has 1 aromatic carbocycles. The molecule has 1 N–H and O–H groups in total. The number of nitrogens with one attached hydrogen (secondary N) is 1. The Morgan fingerprint density at radius 2 is 2.35 bits per heavy atom. The van der Waals surface area contributed by atoms with E-state index in [0.717, 1.165) is 0 Å². The molecule has 0 atom stereocenters. The molecule has 1 amide bonds. The zero-order valence-electron chi connectivity index (χ0n) is 9.11. The zero-order valence-corrected chi connectivity index (χ0v) is 9.92. The molecule has 0 spiro atoms. The van der Waals surface area contributed by atoms with Gasteiger partial charge in [0.15, 0.2) is 5.17 Å². The summed E-state index contributed by atoms with van der Waals surface area (Å²) >= 11 is 1.29. The Morgan fingerprint density at radius 3 is 3.00 bits per heavy atom. The maximum atomic E-state index is 13.2. The number of carbonyl (C=O) groups is 1. The largest absolute Gasteiger partial charge is 0.303 e. The zero-order chi connectivity index (χ0) is 12.3. The molecule has 6 heteroatoms. The second-order valence-corrected chi connectivity index (χ2v) is 4.46. The number of thioether (sulfide) groups is 1. The smallest absolute Gasteiger partial charge is 0.236 e. The van der Waals surface area contributed by atoms with Crippen LogP contribution in [0.3, 0.4) is 0 Å². The maximum absolute atomic E-state index is 13.2. The van der Waals surface area contributed by atoms with Gasteiger partial charge in [0.05, 0.1) is 12.0 Å². The van der Waals surface area contributed by atoms with Gasteiger partial charge in [0.25, 0.3) is 0 Å². The number of carbonyl (C=O) groups excluding carboxylic acids is 1. The van der Waals surface area contributed by atoms with Crippen LogP contribution in [-0.2, 0) is 4.79 Å². The SMILES string of the molecule is Cc1ccc(C=NN=C2NC(=O)CS2)cc1F. The Morgan fingerprint density at radius 1 is 1.53 bits per heavy atom. The Hall–Kier alpha value is -1.69. The van der Waals surface area contributed by atoms with Crippen molar-refractivity contribution in [2.75, 3.05) is 5.75 Å². The maximum Gasteiger partial charge on any atom is 0.236 e. The van der Waals surface area contributed by atoms with E-state index in [1.807, 2.05) is 0 Å². The lowest BCUT2D eigenvalue weighted by atomic mass is 10.1. The number of rotatable bonds is 2. The minimum Gasteiger partial charge on any atom is -0.303 e. The molecule has 88 valence electrons. The molecule has 1 heterocycles. The van der Waals surface area contributed by atoms with Crippen LogP contribution in [0.25, 0.3) is 0 Å². The quantitative estimate of drug-likeness (QED) is 0.642. The molecule has 0 aromatic heterocycles. The fraction of sp³-hybridized carbons (Fsp3) is 0.182. The van der Waals surface area contributed by atoms with E-state index >= 15 is 0 Å². The first kappa shape index (κ1) is 11.8. The van der Waals surface area contributed by atoms with Crippen LogP contribution in [-0.4, -0.2) is 23.0 Å². The van der Waals surface area contributed by atoms with E-state index in [4.69, 9.17) is 0 Å². The molecule has 1 aliphatic rings. The first-order valence-electron chi connectivity index (χ1n) is 4.95. The van der Waals surface area contributed by atoms with Gasteiger partial charge in [0.1, 0.15) is 5.82 Å². The van der Waals surface area contributed by atoms with Crippen LogP contribution in [0.2, 0.25) is 0 Å². The Kier molecular flexibility index (Phi) is 3.53.